The van der Waals surface area contributed by atoms with E-state index in [1.165, 1.54) is 24.0 Å². The molecule has 194 valence electrons. The monoisotopic (exact) mass is 534 g/mol. The second kappa shape index (κ2) is 12.0. The molecule has 2 heterocycles. The number of nitrogens with zero attached hydrogens (tertiary/aromatic N) is 2. The van der Waals surface area contributed by atoms with Crippen LogP contribution >= 0.6 is 23.2 Å². The van der Waals surface area contributed by atoms with E-state index in [2.05, 4.69) is 41.3 Å². The van der Waals surface area contributed by atoms with Gasteiger partial charge in [0.1, 0.15) is 0 Å². The highest BCUT2D eigenvalue weighted by Gasteiger charge is 2.39. The molecule has 2 saturated heterocycles. The summed E-state index contributed by atoms with van der Waals surface area (Å²) in [6, 6.07) is 26.7. The molecule has 2 fully saturated rings. The molecule has 1 amide bonds. The van der Waals surface area contributed by atoms with Crippen LogP contribution in [-0.4, -0.2) is 48.4 Å². The SMILES string of the molecule is O=C(c1ccccc1)N1CCCC(CCCN2CCC(c3ccccc3)CC2)(c2ccc(Cl)c(Cl)c2)C1. The largest absolute Gasteiger partial charge is 0.338 e. The molecule has 1 unspecified atom stereocenters. The summed E-state index contributed by atoms with van der Waals surface area (Å²) >= 11 is 12.8. The van der Waals surface area contributed by atoms with Crippen LogP contribution in [0, 0.1) is 0 Å². The second-order valence-electron chi connectivity index (χ2n) is 10.7. The average molecular weight is 536 g/mol. The van der Waals surface area contributed by atoms with Gasteiger partial charge in [-0.1, -0.05) is 77.8 Å². The average Bonchev–Trinajstić information content (AvgIpc) is 2.95. The third-order valence-electron chi connectivity index (χ3n) is 8.41. The third kappa shape index (κ3) is 6.22. The Balaban J connectivity index is 1.27. The lowest BCUT2D eigenvalue weighted by atomic mass is 9.71. The Morgan fingerprint density at radius 3 is 2.27 bits per heavy atom. The van der Waals surface area contributed by atoms with Gasteiger partial charge >= 0.3 is 0 Å². The summed E-state index contributed by atoms with van der Waals surface area (Å²) < 4.78 is 0. The van der Waals surface area contributed by atoms with Gasteiger partial charge < -0.3 is 9.80 Å². The van der Waals surface area contributed by atoms with Crippen molar-refractivity contribution in [1.29, 1.82) is 0 Å². The number of amides is 1. The summed E-state index contributed by atoms with van der Waals surface area (Å²) in [5, 5.41) is 1.17. The molecule has 0 N–H and O–H groups in total. The van der Waals surface area contributed by atoms with Gasteiger partial charge in [-0.05, 0) is 99.5 Å². The van der Waals surface area contributed by atoms with Gasteiger partial charge in [0, 0.05) is 24.1 Å². The van der Waals surface area contributed by atoms with E-state index in [9.17, 15) is 4.79 Å². The van der Waals surface area contributed by atoms with Crippen LogP contribution in [0.5, 0.6) is 0 Å². The zero-order valence-electron chi connectivity index (χ0n) is 21.4. The number of benzene rings is 3. The first-order valence-corrected chi connectivity index (χ1v) is 14.4. The van der Waals surface area contributed by atoms with E-state index in [-0.39, 0.29) is 11.3 Å². The number of hydrogen-bond donors (Lipinski definition) is 0. The summed E-state index contributed by atoms with van der Waals surface area (Å²) in [5.74, 6) is 0.795. The van der Waals surface area contributed by atoms with Gasteiger partial charge in [0.2, 0.25) is 0 Å². The minimum Gasteiger partial charge on any atom is -0.338 e. The van der Waals surface area contributed by atoms with Crippen LogP contribution in [0.2, 0.25) is 10.0 Å². The normalized spacial score (nSPS) is 21.2. The van der Waals surface area contributed by atoms with Crippen LogP contribution in [-0.2, 0) is 5.41 Å². The Hall–Kier alpha value is -2.33. The van der Waals surface area contributed by atoms with Gasteiger partial charge in [0.15, 0.2) is 0 Å². The van der Waals surface area contributed by atoms with E-state index in [1.807, 2.05) is 47.4 Å². The second-order valence-corrected chi connectivity index (χ2v) is 11.6. The Labute approximate surface area is 231 Å². The van der Waals surface area contributed by atoms with Crippen molar-refractivity contribution in [3.05, 3.63) is 106 Å². The highest BCUT2D eigenvalue weighted by atomic mass is 35.5. The van der Waals surface area contributed by atoms with Crippen LogP contribution in [0.3, 0.4) is 0 Å². The molecule has 0 bridgehead atoms. The number of likely N-dealkylation sites (tertiary alicyclic amines) is 2. The van der Waals surface area contributed by atoms with Crippen molar-refractivity contribution in [2.45, 2.75) is 49.9 Å². The molecule has 3 aromatic carbocycles. The maximum atomic E-state index is 13.4. The zero-order valence-corrected chi connectivity index (χ0v) is 22.9. The van der Waals surface area contributed by atoms with E-state index >= 15 is 0 Å². The van der Waals surface area contributed by atoms with Crippen molar-refractivity contribution < 1.29 is 4.79 Å². The van der Waals surface area contributed by atoms with E-state index in [1.54, 1.807) is 0 Å². The molecule has 1 atom stereocenters. The van der Waals surface area contributed by atoms with Gasteiger partial charge in [0.25, 0.3) is 5.91 Å². The minimum absolute atomic E-state index is 0.112. The first kappa shape index (κ1) is 26.3. The molecule has 3 aromatic rings. The molecule has 5 heteroatoms. The first-order chi connectivity index (χ1) is 18.0. The summed E-state index contributed by atoms with van der Waals surface area (Å²) in [6.07, 6.45) is 6.62. The predicted molar refractivity (Wildman–Crippen MR) is 154 cm³/mol. The lowest BCUT2D eigenvalue weighted by molar-refractivity contribution is 0.0619. The van der Waals surface area contributed by atoms with Crippen molar-refractivity contribution in [1.82, 2.24) is 9.80 Å². The topological polar surface area (TPSA) is 23.6 Å². The van der Waals surface area contributed by atoms with E-state index in [0.717, 1.165) is 64.0 Å². The fourth-order valence-corrected chi connectivity index (χ4v) is 6.63. The van der Waals surface area contributed by atoms with Crippen molar-refractivity contribution in [2.24, 2.45) is 0 Å². The quantitative estimate of drug-likeness (QED) is 0.308. The lowest BCUT2D eigenvalue weighted by Gasteiger charge is -2.44. The molecular weight excluding hydrogens is 499 g/mol. The van der Waals surface area contributed by atoms with Crippen molar-refractivity contribution in [3.63, 3.8) is 0 Å². The van der Waals surface area contributed by atoms with Gasteiger partial charge in [0.05, 0.1) is 10.0 Å². The lowest BCUT2D eigenvalue weighted by Crippen LogP contribution is -2.49. The smallest absolute Gasteiger partial charge is 0.253 e. The van der Waals surface area contributed by atoms with Crippen molar-refractivity contribution in [3.8, 4) is 0 Å². The Morgan fingerprint density at radius 2 is 1.57 bits per heavy atom. The van der Waals surface area contributed by atoms with Crippen LogP contribution < -0.4 is 0 Å². The highest BCUT2D eigenvalue weighted by Crippen LogP contribution is 2.41. The molecule has 0 aromatic heterocycles. The van der Waals surface area contributed by atoms with E-state index in [0.29, 0.717) is 16.0 Å². The first-order valence-electron chi connectivity index (χ1n) is 13.6. The zero-order chi connectivity index (χ0) is 25.7. The van der Waals surface area contributed by atoms with E-state index in [4.69, 9.17) is 23.2 Å². The molecule has 2 aliphatic heterocycles. The molecule has 2 aliphatic rings. The molecule has 3 nitrogen and oxygen atoms in total. The molecule has 0 saturated carbocycles. The molecule has 0 aliphatic carbocycles. The predicted octanol–water partition coefficient (Wildman–Crippen LogP) is 7.83. The van der Waals surface area contributed by atoms with Gasteiger partial charge in [-0.3, -0.25) is 4.79 Å². The molecular formula is C32H36Cl2N2O. The van der Waals surface area contributed by atoms with Gasteiger partial charge in [-0.25, -0.2) is 0 Å². The van der Waals surface area contributed by atoms with Gasteiger partial charge in [-0.15, -0.1) is 0 Å². The third-order valence-corrected chi connectivity index (χ3v) is 9.14. The summed E-state index contributed by atoms with van der Waals surface area (Å²) in [4.78, 5) is 18.1. The Bertz CT molecular complexity index is 1180. The van der Waals surface area contributed by atoms with Gasteiger partial charge in [-0.2, -0.15) is 0 Å². The van der Waals surface area contributed by atoms with Crippen LogP contribution in [0.1, 0.15) is 65.9 Å². The number of halogens is 2. The molecule has 0 spiro atoms. The standard InChI is InChI=1S/C32H36Cl2N2O/c33-29-14-13-28(23-30(29)34)32(18-8-20-36(24-32)31(37)27-11-5-2-6-12-27)17-7-19-35-21-15-26(16-22-35)25-9-3-1-4-10-25/h1-6,9-14,23,26H,7-8,15-22,24H2. The number of carbonyl (C=O) groups is 1. The minimum atomic E-state index is -0.112. The van der Waals surface area contributed by atoms with Crippen molar-refractivity contribution in [2.75, 3.05) is 32.7 Å². The van der Waals surface area contributed by atoms with Crippen LogP contribution in [0.15, 0.2) is 78.9 Å². The van der Waals surface area contributed by atoms with E-state index < -0.39 is 0 Å². The number of piperidine rings is 2. The Morgan fingerprint density at radius 1 is 0.865 bits per heavy atom. The summed E-state index contributed by atoms with van der Waals surface area (Å²) in [6.45, 7) is 4.91. The molecule has 37 heavy (non-hydrogen) atoms. The maximum Gasteiger partial charge on any atom is 0.253 e. The molecule has 0 radical (unpaired) electrons. The summed E-state index contributed by atoms with van der Waals surface area (Å²) in [7, 11) is 0. The fourth-order valence-electron chi connectivity index (χ4n) is 6.33. The van der Waals surface area contributed by atoms with Crippen molar-refractivity contribution >= 4 is 29.1 Å². The van der Waals surface area contributed by atoms with Crippen LogP contribution in [0.25, 0.3) is 0 Å². The highest BCUT2D eigenvalue weighted by molar-refractivity contribution is 6.42. The fraction of sp³-hybridized carbons (Fsp3) is 0.406. The summed E-state index contributed by atoms with van der Waals surface area (Å²) in [5.41, 5.74) is 3.33. The van der Waals surface area contributed by atoms with Crippen LogP contribution in [0.4, 0.5) is 0 Å². The number of carbonyl (C=O) groups excluding carboxylic acids is 1. The Kier molecular flexibility index (Phi) is 8.54. The maximum absolute atomic E-state index is 13.4. The molecule has 5 rings (SSSR count). The number of rotatable bonds is 7. The number of hydrogen-bond acceptors (Lipinski definition) is 2.